The van der Waals surface area contributed by atoms with Crippen LogP contribution < -0.4 is 10.2 Å². The Bertz CT molecular complexity index is 455. The van der Waals surface area contributed by atoms with Crippen LogP contribution in [0.1, 0.15) is 51.0 Å². The number of aromatic nitrogens is 1. The van der Waals surface area contributed by atoms with Crippen molar-refractivity contribution in [2.24, 2.45) is 0 Å². The molecule has 0 spiro atoms. The standard InChI is InChI=1S/C16H24FN3/c1-2-3-10-20(14-6-7-14)16-15(17)12(8-9-18-16)11-19-13-4-5-13/h8-9,13-14,19H,2-7,10-11H2,1H3. The quantitative estimate of drug-likeness (QED) is 0.790. The second kappa shape index (κ2) is 6.08. The Balaban J connectivity index is 1.73. The molecule has 1 heterocycles. The molecule has 0 bridgehead atoms. The molecule has 0 amide bonds. The van der Waals surface area contributed by atoms with Gasteiger partial charge < -0.3 is 10.2 Å². The molecule has 20 heavy (non-hydrogen) atoms. The van der Waals surface area contributed by atoms with E-state index in [0.29, 0.717) is 24.4 Å². The number of pyridine rings is 1. The Morgan fingerprint density at radius 1 is 1.35 bits per heavy atom. The highest BCUT2D eigenvalue weighted by Crippen LogP contribution is 2.33. The Hall–Kier alpha value is -1.16. The van der Waals surface area contributed by atoms with Crippen molar-refractivity contribution in [2.75, 3.05) is 11.4 Å². The van der Waals surface area contributed by atoms with Crippen LogP contribution in [0, 0.1) is 5.82 Å². The average molecular weight is 277 g/mol. The van der Waals surface area contributed by atoms with Crippen LogP contribution in [0.2, 0.25) is 0 Å². The van der Waals surface area contributed by atoms with Crippen molar-refractivity contribution in [3.63, 3.8) is 0 Å². The van der Waals surface area contributed by atoms with Crippen LogP contribution >= 0.6 is 0 Å². The van der Waals surface area contributed by atoms with Crippen LogP contribution in [0.4, 0.5) is 10.2 Å². The van der Waals surface area contributed by atoms with E-state index in [1.54, 1.807) is 12.3 Å². The van der Waals surface area contributed by atoms with Gasteiger partial charge in [-0.1, -0.05) is 13.3 Å². The monoisotopic (exact) mass is 277 g/mol. The van der Waals surface area contributed by atoms with Gasteiger partial charge in [-0.15, -0.1) is 0 Å². The lowest BCUT2D eigenvalue weighted by atomic mass is 10.2. The van der Waals surface area contributed by atoms with E-state index in [-0.39, 0.29) is 5.82 Å². The lowest BCUT2D eigenvalue weighted by Crippen LogP contribution is -2.29. The van der Waals surface area contributed by atoms with E-state index in [1.807, 2.05) is 0 Å². The minimum absolute atomic E-state index is 0.122. The van der Waals surface area contributed by atoms with Gasteiger partial charge in [-0.3, -0.25) is 0 Å². The lowest BCUT2D eigenvalue weighted by Gasteiger charge is -2.24. The molecule has 0 aromatic carbocycles. The molecule has 2 saturated carbocycles. The highest BCUT2D eigenvalue weighted by molar-refractivity contribution is 5.45. The Labute approximate surface area is 120 Å². The molecule has 2 aliphatic rings. The molecule has 0 radical (unpaired) electrons. The lowest BCUT2D eigenvalue weighted by molar-refractivity contribution is 0.569. The maximum atomic E-state index is 14.7. The first-order chi connectivity index (χ1) is 9.79. The molecule has 4 heteroatoms. The molecule has 2 fully saturated rings. The second-order valence-electron chi connectivity index (χ2n) is 6.04. The van der Waals surface area contributed by atoms with E-state index in [4.69, 9.17) is 0 Å². The van der Waals surface area contributed by atoms with Crippen LogP contribution in [0.15, 0.2) is 12.3 Å². The number of rotatable bonds is 8. The Morgan fingerprint density at radius 2 is 2.15 bits per heavy atom. The minimum Gasteiger partial charge on any atom is -0.351 e. The summed E-state index contributed by atoms with van der Waals surface area (Å²) in [6.07, 6.45) is 8.79. The van der Waals surface area contributed by atoms with Gasteiger partial charge in [0.1, 0.15) is 0 Å². The number of hydrogen-bond acceptors (Lipinski definition) is 3. The van der Waals surface area contributed by atoms with Gasteiger partial charge in [0.15, 0.2) is 11.6 Å². The first-order valence-corrected chi connectivity index (χ1v) is 7.93. The zero-order valence-corrected chi connectivity index (χ0v) is 12.2. The minimum atomic E-state index is -0.122. The van der Waals surface area contributed by atoms with E-state index in [1.165, 1.54) is 25.7 Å². The molecule has 0 aliphatic heterocycles. The van der Waals surface area contributed by atoms with Crippen molar-refractivity contribution in [3.8, 4) is 0 Å². The molecule has 3 rings (SSSR count). The molecule has 3 nitrogen and oxygen atoms in total. The van der Waals surface area contributed by atoms with Gasteiger partial charge in [0.2, 0.25) is 0 Å². The van der Waals surface area contributed by atoms with E-state index < -0.39 is 0 Å². The second-order valence-corrected chi connectivity index (χ2v) is 6.04. The fourth-order valence-electron chi connectivity index (χ4n) is 2.53. The van der Waals surface area contributed by atoms with E-state index in [0.717, 1.165) is 24.9 Å². The van der Waals surface area contributed by atoms with Crippen LogP contribution in [0.3, 0.4) is 0 Å². The van der Waals surface area contributed by atoms with Crippen LogP contribution in [0.5, 0.6) is 0 Å². The number of unbranched alkanes of at least 4 members (excludes halogenated alkanes) is 1. The SMILES string of the molecule is CCCCN(c1nccc(CNC2CC2)c1F)C1CC1. The van der Waals surface area contributed by atoms with Crippen LogP contribution in [-0.2, 0) is 6.54 Å². The first kappa shape index (κ1) is 13.8. The third kappa shape index (κ3) is 3.29. The zero-order chi connectivity index (χ0) is 13.9. The predicted molar refractivity (Wildman–Crippen MR) is 79.3 cm³/mol. The number of nitrogens with zero attached hydrogens (tertiary/aromatic N) is 2. The summed E-state index contributed by atoms with van der Waals surface area (Å²) in [5.41, 5.74) is 0.754. The van der Waals surface area contributed by atoms with Crippen molar-refractivity contribution in [1.82, 2.24) is 10.3 Å². The summed E-state index contributed by atoms with van der Waals surface area (Å²) in [4.78, 5) is 6.50. The van der Waals surface area contributed by atoms with Gasteiger partial charge in [-0.25, -0.2) is 9.37 Å². The molecule has 0 unspecified atom stereocenters. The first-order valence-electron chi connectivity index (χ1n) is 7.93. The fraction of sp³-hybridized carbons (Fsp3) is 0.688. The highest BCUT2D eigenvalue weighted by atomic mass is 19.1. The third-order valence-corrected chi connectivity index (χ3v) is 4.12. The van der Waals surface area contributed by atoms with E-state index >= 15 is 0 Å². The van der Waals surface area contributed by atoms with Gasteiger partial charge >= 0.3 is 0 Å². The summed E-state index contributed by atoms with van der Waals surface area (Å²) in [5, 5.41) is 3.38. The van der Waals surface area contributed by atoms with Crippen molar-refractivity contribution >= 4 is 5.82 Å². The fourth-order valence-corrected chi connectivity index (χ4v) is 2.53. The molecule has 0 atom stereocenters. The Kier molecular flexibility index (Phi) is 4.20. The van der Waals surface area contributed by atoms with Crippen LogP contribution in [-0.4, -0.2) is 23.6 Å². The van der Waals surface area contributed by atoms with Crippen molar-refractivity contribution < 1.29 is 4.39 Å². The van der Waals surface area contributed by atoms with E-state index in [9.17, 15) is 4.39 Å². The highest BCUT2D eigenvalue weighted by Gasteiger charge is 2.31. The summed E-state index contributed by atoms with van der Waals surface area (Å²) >= 11 is 0. The van der Waals surface area contributed by atoms with Gasteiger partial charge in [-0.05, 0) is 38.2 Å². The van der Waals surface area contributed by atoms with Crippen molar-refractivity contribution in [2.45, 2.75) is 64.1 Å². The van der Waals surface area contributed by atoms with Gasteiger partial charge in [0.25, 0.3) is 0 Å². The van der Waals surface area contributed by atoms with Gasteiger partial charge in [-0.2, -0.15) is 0 Å². The topological polar surface area (TPSA) is 28.2 Å². The number of nitrogens with one attached hydrogen (secondary N) is 1. The average Bonchev–Trinajstić information content (AvgIpc) is 3.33. The number of hydrogen-bond donors (Lipinski definition) is 1. The molecule has 2 aliphatic carbocycles. The Morgan fingerprint density at radius 3 is 2.80 bits per heavy atom. The molecule has 1 aromatic rings. The van der Waals surface area contributed by atoms with Crippen molar-refractivity contribution in [1.29, 1.82) is 0 Å². The summed E-state index contributed by atoms with van der Waals surface area (Å²) in [6, 6.07) is 2.92. The van der Waals surface area contributed by atoms with Gasteiger partial charge in [0.05, 0.1) is 0 Å². The van der Waals surface area contributed by atoms with Crippen LogP contribution in [0.25, 0.3) is 0 Å². The van der Waals surface area contributed by atoms with Gasteiger partial charge in [0, 0.05) is 36.9 Å². The summed E-state index contributed by atoms with van der Waals surface area (Å²) in [7, 11) is 0. The predicted octanol–water partition coefficient (Wildman–Crippen LogP) is 3.24. The maximum Gasteiger partial charge on any atom is 0.170 e. The summed E-state index contributed by atoms with van der Waals surface area (Å²) in [5.74, 6) is 0.444. The molecule has 1 aromatic heterocycles. The molecule has 0 saturated heterocycles. The summed E-state index contributed by atoms with van der Waals surface area (Å²) in [6.45, 7) is 3.72. The number of anilines is 1. The number of halogens is 1. The molecule has 1 N–H and O–H groups in total. The maximum absolute atomic E-state index is 14.7. The molecular formula is C16H24FN3. The zero-order valence-electron chi connectivity index (χ0n) is 12.2. The normalized spacial score (nSPS) is 18.3. The molecular weight excluding hydrogens is 253 g/mol. The smallest absolute Gasteiger partial charge is 0.170 e. The molecule has 110 valence electrons. The third-order valence-electron chi connectivity index (χ3n) is 4.12. The summed E-state index contributed by atoms with van der Waals surface area (Å²) < 4.78 is 14.7. The largest absolute Gasteiger partial charge is 0.351 e. The van der Waals surface area contributed by atoms with Crippen molar-refractivity contribution in [3.05, 3.63) is 23.6 Å². The van der Waals surface area contributed by atoms with E-state index in [2.05, 4.69) is 22.1 Å².